The lowest BCUT2D eigenvalue weighted by atomic mass is 10.2. The first-order valence-corrected chi connectivity index (χ1v) is 15.5. The molecule has 0 spiro atoms. The van der Waals surface area contributed by atoms with Gasteiger partial charge in [-0.15, -0.1) is 17.8 Å². The van der Waals surface area contributed by atoms with Crippen LogP contribution in [0.25, 0.3) is 10.9 Å². The number of likely N-dealkylation sites (N-methyl/N-ethyl adjacent to an activating group) is 1. The Morgan fingerprint density at radius 2 is 2.03 bits per heavy atom. The number of terminal acetylenes is 1. The van der Waals surface area contributed by atoms with Crippen LogP contribution in [0.2, 0.25) is 0 Å². The Bertz CT molecular complexity index is 1640. The molecular weight excluding hydrogens is 536 g/mol. The van der Waals surface area contributed by atoms with Crippen molar-refractivity contribution < 1.29 is 21.6 Å². The highest BCUT2D eigenvalue weighted by Crippen LogP contribution is 2.28. The van der Waals surface area contributed by atoms with Gasteiger partial charge < -0.3 is 14.8 Å². The van der Waals surface area contributed by atoms with Gasteiger partial charge in [0.05, 0.1) is 17.5 Å². The lowest BCUT2D eigenvalue weighted by Crippen LogP contribution is -2.59. The minimum atomic E-state index is -4.02. The molecule has 2 aliphatic rings. The number of fused-ring (bicyclic) bond motifs is 2. The topological polar surface area (TPSA) is 150 Å². The van der Waals surface area contributed by atoms with Crippen LogP contribution in [-0.4, -0.2) is 91.8 Å². The fourth-order valence-corrected chi connectivity index (χ4v) is 8.18. The molecule has 0 saturated carbocycles. The summed E-state index contributed by atoms with van der Waals surface area (Å²) < 4.78 is 52.2. The van der Waals surface area contributed by atoms with Crippen LogP contribution in [0.15, 0.2) is 29.3 Å². The van der Waals surface area contributed by atoms with E-state index in [0.717, 1.165) is 23.5 Å². The molecule has 14 heteroatoms. The smallest absolute Gasteiger partial charge is 0.283 e. The van der Waals surface area contributed by atoms with Gasteiger partial charge in [-0.05, 0) is 31.3 Å². The van der Waals surface area contributed by atoms with Crippen LogP contribution in [0, 0.1) is 12.3 Å². The fourth-order valence-electron chi connectivity index (χ4n) is 4.73. The molecule has 37 heavy (non-hydrogen) atoms. The second kappa shape index (κ2) is 9.50. The van der Waals surface area contributed by atoms with E-state index < -0.39 is 37.7 Å². The number of piperazine rings is 1. The zero-order valence-electron chi connectivity index (χ0n) is 20.0. The number of thiazole rings is 1. The summed E-state index contributed by atoms with van der Waals surface area (Å²) in [5, 5.41) is 6.21. The summed E-state index contributed by atoms with van der Waals surface area (Å²) in [5.41, 5.74) is 2.10. The van der Waals surface area contributed by atoms with Crippen molar-refractivity contribution in [2.75, 3.05) is 39.0 Å². The Hall–Kier alpha value is -2.80. The summed E-state index contributed by atoms with van der Waals surface area (Å²) in [6.07, 6.45) is 6.18. The number of aromatic amines is 1. The zero-order valence-corrected chi connectivity index (χ0v) is 22.5. The van der Waals surface area contributed by atoms with Crippen molar-refractivity contribution >= 4 is 48.2 Å². The fraction of sp³-hybridized carbons (Fsp3) is 0.391. The number of rotatable bonds is 5. The third kappa shape index (κ3) is 5.15. The number of hydrogen-bond acceptors (Lipinski definition) is 8. The highest BCUT2D eigenvalue weighted by Gasteiger charge is 2.40. The van der Waals surface area contributed by atoms with Gasteiger partial charge in [-0.1, -0.05) is 5.92 Å². The molecule has 0 bridgehead atoms. The molecule has 1 amide bonds. The number of nitrogens with zero attached hydrogens (tertiary/aromatic N) is 4. The first kappa shape index (κ1) is 25.8. The molecule has 1 fully saturated rings. The minimum Gasteiger partial charge on any atom is -0.345 e. The van der Waals surface area contributed by atoms with E-state index in [0.29, 0.717) is 23.0 Å². The van der Waals surface area contributed by atoms with E-state index in [-0.39, 0.29) is 29.7 Å². The van der Waals surface area contributed by atoms with E-state index in [1.165, 1.54) is 26.6 Å². The summed E-state index contributed by atoms with van der Waals surface area (Å²) in [4.78, 5) is 25.4. The number of amides is 1. The van der Waals surface area contributed by atoms with Gasteiger partial charge in [0, 0.05) is 60.5 Å². The molecule has 3 aromatic rings. The molecular formula is C23H26N6O5S3. The van der Waals surface area contributed by atoms with Crippen molar-refractivity contribution in [2.24, 2.45) is 5.14 Å². The second-order valence-corrected chi connectivity index (χ2v) is 14.0. The molecule has 2 aromatic heterocycles. The van der Waals surface area contributed by atoms with Crippen molar-refractivity contribution in [3.05, 3.63) is 45.4 Å². The molecule has 0 aliphatic carbocycles. The maximum atomic E-state index is 13.5. The predicted octanol–water partition coefficient (Wildman–Crippen LogP) is 0.397. The summed E-state index contributed by atoms with van der Waals surface area (Å²) in [6.45, 7) is 1.31. The molecule has 1 unspecified atom stereocenters. The van der Waals surface area contributed by atoms with Crippen LogP contribution in [0.4, 0.5) is 0 Å². The quantitative estimate of drug-likeness (QED) is 0.427. The number of carbonyl (C=O) groups is 1. The van der Waals surface area contributed by atoms with Crippen LogP contribution >= 0.6 is 11.3 Å². The van der Waals surface area contributed by atoms with Crippen molar-refractivity contribution in [2.45, 2.75) is 24.0 Å². The average molecular weight is 563 g/mol. The van der Waals surface area contributed by atoms with Crippen LogP contribution < -0.4 is 5.14 Å². The number of aromatic nitrogens is 2. The Morgan fingerprint density at radius 1 is 1.24 bits per heavy atom. The average Bonchev–Trinajstić information content (AvgIpc) is 3.46. The van der Waals surface area contributed by atoms with Crippen molar-refractivity contribution in [1.29, 1.82) is 0 Å². The monoisotopic (exact) mass is 562 g/mol. The van der Waals surface area contributed by atoms with Gasteiger partial charge in [-0.3, -0.25) is 4.79 Å². The Morgan fingerprint density at radius 3 is 2.76 bits per heavy atom. The largest absolute Gasteiger partial charge is 0.345 e. The number of sulfonamides is 2. The van der Waals surface area contributed by atoms with E-state index in [1.807, 2.05) is 7.05 Å². The van der Waals surface area contributed by atoms with Gasteiger partial charge in [-0.2, -0.15) is 4.31 Å². The molecule has 196 valence electrons. The van der Waals surface area contributed by atoms with E-state index >= 15 is 0 Å². The normalized spacial score (nSPS) is 19.6. The Balaban J connectivity index is 1.42. The summed E-state index contributed by atoms with van der Waals surface area (Å²) in [6, 6.07) is 5.64. The summed E-state index contributed by atoms with van der Waals surface area (Å²) in [7, 11) is -6.04. The van der Waals surface area contributed by atoms with Crippen molar-refractivity contribution in [1.82, 2.24) is 24.1 Å². The number of nitrogens with one attached hydrogen (secondary N) is 1. The van der Waals surface area contributed by atoms with Gasteiger partial charge in [0.25, 0.3) is 15.9 Å². The van der Waals surface area contributed by atoms with Crippen molar-refractivity contribution in [3.63, 3.8) is 0 Å². The maximum absolute atomic E-state index is 13.5. The van der Waals surface area contributed by atoms with Crippen LogP contribution in [0.1, 0.15) is 25.9 Å². The van der Waals surface area contributed by atoms with E-state index in [9.17, 15) is 21.6 Å². The van der Waals surface area contributed by atoms with Gasteiger partial charge in [0.1, 0.15) is 5.03 Å². The molecule has 1 aromatic carbocycles. The van der Waals surface area contributed by atoms with Gasteiger partial charge in [0.2, 0.25) is 10.0 Å². The maximum Gasteiger partial charge on any atom is 0.283 e. The highest BCUT2D eigenvalue weighted by molar-refractivity contribution is 7.89. The molecule has 4 heterocycles. The minimum absolute atomic E-state index is 0.00384. The second-order valence-electron chi connectivity index (χ2n) is 9.30. The van der Waals surface area contributed by atoms with Crippen LogP contribution in [0.3, 0.4) is 0 Å². The number of H-pyrrole nitrogens is 1. The molecule has 3 N–H and O–H groups in total. The summed E-state index contributed by atoms with van der Waals surface area (Å²) in [5.74, 6) is 1.53. The Labute approximate surface area is 219 Å². The zero-order chi connectivity index (χ0) is 26.5. The standard InChI is InChI=1S/C23H26N6O5S3/c1-3-15-4-5-18-16(10-15)11-21(25-18)37(33,34)28-8-9-29(17(12-28)14-36(24,31)32)23(30)22-26-19-6-7-27(2)13-20(19)35-22/h1,4-5,10-11,17,25H,6-9,12-14H2,2H3,(H2,24,31,32). The van der Waals surface area contributed by atoms with Crippen LogP contribution in [-0.2, 0) is 33.0 Å². The SMILES string of the molecule is C#Cc1ccc2[nH]c(S(=O)(=O)N3CCN(C(=O)c4nc5c(s4)CN(C)CC5)C(CS(N)(=O)=O)C3)cc2c1. The third-order valence-corrected chi connectivity index (χ3v) is 10.3. The lowest BCUT2D eigenvalue weighted by Gasteiger charge is -2.39. The molecule has 2 aliphatic heterocycles. The highest BCUT2D eigenvalue weighted by atomic mass is 32.2. The molecule has 1 atom stereocenters. The van der Waals surface area contributed by atoms with E-state index in [4.69, 9.17) is 11.6 Å². The number of hydrogen-bond donors (Lipinski definition) is 2. The number of carbonyl (C=O) groups excluding carboxylic acids is 1. The van der Waals surface area contributed by atoms with Crippen LogP contribution in [0.5, 0.6) is 0 Å². The Kier molecular flexibility index (Phi) is 6.63. The number of primary sulfonamides is 1. The first-order valence-electron chi connectivity index (χ1n) is 11.5. The van der Waals surface area contributed by atoms with E-state index in [2.05, 4.69) is 20.8 Å². The lowest BCUT2D eigenvalue weighted by molar-refractivity contribution is 0.0595. The molecule has 5 rings (SSSR count). The molecule has 1 saturated heterocycles. The van der Waals surface area contributed by atoms with E-state index in [1.54, 1.807) is 18.2 Å². The van der Waals surface area contributed by atoms with Gasteiger partial charge >= 0.3 is 0 Å². The van der Waals surface area contributed by atoms with Gasteiger partial charge in [-0.25, -0.2) is 27.0 Å². The third-order valence-electron chi connectivity index (χ3n) is 6.62. The summed E-state index contributed by atoms with van der Waals surface area (Å²) >= 11 is 1.29. The number of nitrogens with two attached hydrogens (primary N) is 1. The predicted molar refractivity (Wildman–Crippen MR) is 140 cm³/mol. The number of benzene rings is 1. The first-order chi connectivity index (χ1) is 17.4. The molecule has 0 radical (unpaired) electrons. The van der Waals surface area contributed by atoms with Crippen molar-refractivity contribution in [3.8, 4) is 12.3 Å². The van der Waals surface area contributed by atoms with Gasteiger partial charge in [0.15, 0.2) is 5.01 Å². The molecule has 11 nitrogen and oxygen atoms in total.